The van der Waals surface area contributed by atoms with E-state index in [1.165, 1.54) is 0 Å². The SMILES string of the molecule is [C-]#[N+]c1cc(C#N)cc(-c2ccc(N(c3ccc(-c4ccc([N+]#[C-])c(C#N)c4)cc3)c3cccc4ccccc34)cc2)c1. The molecular weight excluding hydrogens is 526 g/mol. The lowest BCUT2D eigenvalue weighted by atomic mass is 10.0. The Balaban J connectivity index is 1.45. The molecule has 0 fully saturated rings. The minimum absolute atomic E-state index is 0.345. The summed E-state index contributed by atoms with van der Waals surface area (Å²) in [5, 5.41) is 21.2. The molecule has 0 aromatic heterocycles. The quantitative estimate of drug-likeness (QED) is 0.202. The summed E-state index contributed by atoms with van der Waals surface area (Å²) in [4.78, 5) is 9.17. The predicted octanol–water partition coefficient (Wildman–Crippen LogP) is 10.5. The zero-order valence-electron chi connectivity index (χ0n) is 22.9. The molecule has 0 atom stereocenters. The van der Waals surface area contributed by atoms with E-state index in [2.05, 4.69) is 69.2 Å². The van der Waals surface area contributed by atoms with Crippen molar-refractivity contribution in [1.29, 1.82) is 10.5 Å². The monoisotopic (exact) mass is 547 g/mol. The molecule has 0 saturated carbocycles. The third kappa shape index (κ3) is 5.15. The summed E-state index contributed by atoms with van der Waals surface area (Å²) in [7, 11) is 0. The fourth-order valence-corrected chi connectivity index (χ4v) is 5.25. The standard InChI is InChI=1S/C38H21N5/c1-41-33-21-26(24-39)20-31(23-33)28-12-17-35(18-13-28)43(38-9-5-7-29-6-3-4-8-36(29)38)34-15-10-27(11-16-34)30-14-19-37(42-2)32(22-30)25-40/h3-23H. The van der Waals surface area contributed by atoms with Gasteiger partial charge in [0.05, 0.1) is 36.5 Å². The van der Waals surface area contributed by atoms with Crippen molar-refractivity contribution in [3.05, 3.63) is 161 Å². The molecule has 0 spiro atoms. The molecule has 0 aliphatic heterocycles. The Labute approximate surface area is 250 Å². The lowest BCUT2D eigenvalue weighted by Crippen LogP contribution is -2.10. The van der Waals surface area contributed by atoms with Gasteiger partial charge in [0.15, 0.2) is 5.69 Å². The molecule has 43 heavy (non-hydrogen) atoms. The fraction of sp³-hybridized carbons (Fsp3) is 0. The van der Waals surface area contributed by atoms with Crippen molar-refractivity contribution in [1.82, 2.24) is 0 Å². The first-order chi connectivity index (χ1) is 21.1. The highest BCUT2D eigenvalue weighted by molar-refractivity contribution is 5.99. The van der Waals surface area contributed by atoms with Crippen LogP contribution >= 0.6 is 0 Å². The number of hydrogen-bond donors (Lipinski definition) is 0. The second kappa shape index (κ2) is 11.4. The average molecular weight is 548 g/mol. The van der Waals surface area contributed by atoms with E-state index in [9.17, 15) is 10.5 Å². The van der Waals surface area contributed by atoms with E-state index in [-0.39, 0.29) is 0 Å². The average Bonchev–Trinajstić information content (AvgIpc) is 3.08. The smallest absolute Gasteiger partial charge is 0.204 e. The molecule has 6 rings (SSSR count). The molecule has 198 valence electrons. The van der Waals surface area contributed by atoms with E-state index in [0.717, 1.165) is 50.1 Å². The summed E-state index contributed by atoms with van der Waals surface area (Å²) in [6.45, 7) is 14.7. The van der Waals surface area contributed by atoms with Gasteiger partial charge >= 0.3 is 0 Å². The lowest BCUT2D eigenvalue weighted by Gasteiger charge is -2.27. The number of nitrogens with zero attached hydrogens (tertiary/aromatic N) is 5. The topological polar surface area (TPSA) is 59.5 Å². The molecule has 0 aliphatic rings. The summed E-state index contributed by atoms with van der Waals surface area (Å²) in [6, 6.07) is 45.6. The zero-order chi connectivity index (χ0) is 29.8. The number of rotatable bonds is 5. The van der Waals surface area contributed by atoms with Crippen LogP contribution in [0.15, 0.2) is 127 Å². The van der Waals surface area contributed by atoms with Crippen LogP contribution in [-0.4, -0.2) is 0 Å². The second-order valence-electron chi connectivity index (χ2n) is 9.88. The summed E-state index contributed by atoms with van der Waals surface area (Å²) in [5.74, 6) is 0. The number of anilines is 3. The molecule has 0 radical (unpaired) electrons. The first-order valence-corrected chi connectivity index (χ1v) is 13.4. The molecule has 0 amide bonds. The molecule has 0 aliphatic carbocycles. The van der Waals surface area contributed by atoms with Crippen LogP contribution in [0.2, 0.25) is 0 Å². The van der Waals surface area contributed by atoms with E-state index in [4.69, 9.17) is 13.1 Å². The molecular formula is C38H21N5. The normalized spacial score (nSPS) is 10.2. The predicted molar refractivity (Wildman–Crippen MR) is 171 cm³/mol. The van der Waals surface area contributed by atoms with Gasteiger partial charge in [-0.1, -0.05) is 72.8 Å². The van der Waals surface area contributed by atoms with E-state index in [1.54, 1.807) is 30.3 Å². The van der Waals surface area contributed by atoms with Gasteiger partial charge in [-0.15, -0.1) is 0 Å². The Morgan fingerprint density at radius 3 is 1.86 bits per heavy atom. The van der Waals surface area contributed by atoms with E-state index >= 15 is 0 Å². The van der Waals surface area contributed by atoms with Crippen LogP contribution in [0.5, 0.6) is 0 Å². The van der Waals surface area contributed by atoms with Gasteiger partial charge in [-0.25, -0.2) is 9.69 Å². The molecule has 5 nitrogen and oxygen atoms in total. The Hall–Kier alpha value is -6.66. The van der Waals surface area contributed by atoms with Crippen LogP contribution in [0.25, 0.3) is 42.7 Å². The number of nitriles is 2. The van der Waals surface area contributed by atoms with Crippen molar-refractivity contribution in [2.24, 2.45) is 0 Å². The largest absolute Gasteiger partial charge is 0.310 e. The van der Waals surface area contributed by atoms with Crippen molar-refractivity contribution >= 4 is 39.2 Å². The van der Waals surface area contributed by atoms with Crippen molar-refractivity contribution in [3.63, 3.8) is 0 Å². The summed E-state index contributed by atoms with van der Waals surface area (Å²) in [6.07, 6.45) is 0. The maximum absolute atomic E-state index is 9.49. The number of benzene rings is 6. The molecule has 0 N–H and O–H groups in total. The van der Waals surface area contributed by atoms with Crippen LogP contribution in [0.4, 0.5) is 28.4 Å². The van der Waals surface area contributed by atoms with Crippen LogP contribution < -0.4 is 4.90 Å². The first kappa shape index (κ1) is 26.6. The van der Waals surface area contributed by atoms with Crippen LogP contribution in [0.1, 0.15) is 11.1 Å². The molecule has 6 aromatic rings. The Morgan fingerprint density at radius 1 is 0.558 bits per heavy atom. The highest BCUT2D eigenvalue weighted by atomic mass is 15.1. The Morgan fingerprint density at radius 2 is 1.21 bits per heavy atom. The molecule has 0 unspecified atom stereocenters. The van der Waals surface area contributed by atoms with Gasteiger partial charge in [-0.2, -0.15) is 10.5 Å². The van der Waals surface area contributed by atoms with Gasteiger partial charge in [0.25, 0.3) is 0 Å². The lowest BCUT2D eigenvalue weighted by molar-refractivity contribution is 1.30. The molecule has 5 heteroatoms. The van der Waals surface area contributed by atoms with Gasteiger partial charge in [0, 0.05) is 22.3 Å². The fourth-order valence-electron chi connectivity index (χ4n) is 5.25. The second-order valence-corrected chi connectivity index (χ2v) is 9.88. The molecule has 0 bridgehead atoms. The van der Waals surface area contributed by atoms with Gasteiger partial charge in [0.1, 0.15) is 0 Å². The van der Waals surface area contributed by atoms with Crippen molar-refractivity contribution < 1.29 is 0 Å². The van der Waals surface area contributed by atoms with Gasteiger partial charge < -0.3 is 4.90 Å². The highest BCUT2D eigenvalue weighted by Gasteiger charge is 2.16. The highest BCUT2D eigenvalue weighted by Crippen LogP contribution is 2.40. The van der Waals surface area contributed by atoms with Crippen molar-refractivity contribution in [3.8, 4) is 34.4 Å². The Kier molecular flexibility index (Phi) is 7.07. The first-order valence-electron chi connectivity index (χ1n) is 13.4. The third-order valence-corrected chi connectivity index (χ3v) is 7.34. The number of fused-ring (bicyclic) bond motifs is 1. The van der Waals surface area contributed by atoms with Crippen molar-refractivity contribution in [2.75, 3.05) is 4.90 Å². The summed E-state index contributed by atoms with van der Waals surface area (Å²) < 4.78 is 0. The Bertz CT molecular complexity index is 2130. The molecule has 6 aromatic carbocycles. The maximum Gasteiger partial charge on any atom is 0.204 e. The summed E-state index contributed by atoms with van der Waals surface area (Å²) in [5.41, 5.74) is 8.05. The third-order valence-electron chi connectivity index (χ3n) is 7.34. The van der Waals surface area contributed by atoms with Gasteiger partial charge in [-0.3, -0.25) is 0 Å². The van der Waals surface area contributed by atoms with Gasteiger partial charge in [0.2, 0.25) is 5.69 Å². The van der Waals surface area contributed by atoms with Crippen LogP contribution in [-0.2, 0) is 0 Å². The van der Waals surface area contributed by atoms with Crippen molar-refractivity contribution in [2.45, 2.75) is 0 Å². The minimum Gasteiger partial charge on any atom is -0.310 e. The van der Waals surface area contributed by atoms with E-state index < -0.39 is 0 Å². The van der Waals surface area contributed by atoms with Gasteiger partial charge in [-0.05, 0) is 82.2 Å². The van der Waals surface area contributed by atoms with Crippen LogP contribution in [0, 0.1) is 35.8 Å². The minimum atomic E-state index is 0.345. The summed E-state index contributed by atoms with van der Waals surface area (Å²) >= 11 is 0. The van der Waals surface area contributed by atoms with Crippen LogP contribution in [0.3, 0.4) is 0 Å². The van der Waals surface area contributed by atoms with E-state index in [1.807, 2.05) is 54.6 Å². The zero-order valence-corrected chi connectivity index (χ0v) is 22.9. The molecule has 0 saturated heterocycles. The maximum atomic E-state index is 9.49. The van der Waals surface area contributed by atoms with E-state index in [0.29, 0.717) is 22.5 Å². The number of hydrogen-bond acceptors (Lipinski definition) is 3. The molecule has 0 heterocycles.